The van der Waals surface area contributed by atoms with Crippen molar-refractivity contribution in [2.45, 2.75) is 18.5 Å². The van der Waals surface area contributed by atoms with Gasteiger partial charge in [0.15, 0.2) is 0 Å². The smallest absolute Gasteiger partial charge is 0.354 e. The van der Waals surface area contributed by atoms with E-state index in [0.717, 1.165) is 17.7 Å². The largest absolute Gasteiger partial charge is 0.416 e. The number of carbonyl (C=O) groups is 2. The summed E-state index contributed by atoms with van der Waals surface area (Å²) in [4.78, 5) is 24.0. The Bertz CT molecular complexity index is 804. The van der Waals surface area contributed by atoms with Crippen LogP contribution in [0.3, 0.4) is 0 Å². The van der Waals surface area contributed by atoms with Crippen LogP contribution in [0.2, 0.25) is 0 Å². The van der Waals surface area contributed by atoms with E-state index in [9.17, 15) is 22.8 Å². The van der Waals surface area contributed by atoms with E-state index in [1.165, 1.54) is 12.1 Å². The first-order valence-corrected chi connectivity index (χ1v) is 8.64. The molecule has 7 heteroatoms. The summed E-state index contributed by atoms with van der Waals surface area (Å²) < 4.78 is 37.8. The lowest BCUT2D eigenvalue weighted by Crippen LogP contribution is -2.35. The van der Waals surface area contributed by atoms with Gasteiger partial charge in [0.1, 0.15) is 0 Å². The molecule has 0 bridgehead atoms. The van der Waals surface area contributed by atoms with Crippen molar-refractivity contribution in [2.24, 2.45) is 5.92 Å². The van der Waals surface area contributed by atoms with E-state index in [1.807, 2.05) is 6.07 Å². The van der Waals surface area contributed by atoms with Crippen LogP contribution >= 0.6 is 0 Å². The van der Waals surface area contributed by atoms with Crippen molar-refractivity contribution in [3.8, 4) is 0 Å². The van der Waals surface area contributed by atoms with Crippen LogP contribution < -0.4 is 10.6 Å². The molecule has 0 aliphatic heterocycles. The van der Waals surface area contributed by atoms with E-state index in [2.05, 4.69) is 10.6 Å². The number of alkyl halides is 3. The van der Waals surface area contributed by atoms with Gasteiger partial charge in [0.05, 0.1) is 5.56 Å². The standard InChI is InChI=1S/C20H19F3N2O2/c21-20(22,23)15-8-6-13(7-9-15)16-12-17(16)19(27)25-11-10-24-18(26)14-4-2-1-3-5-14/h1-9,16-17H,10-12H2,(H,24,26)(H,25,27). The second kappa shape index (κ2) is 7.82. The van der Waals surface area contributed by atoms with Crippen LogP contribution in [-0.2, 0) is 11.0 Å². The van der Waals surface area contributed by atoms with Crippen molar-refractivity contribution in [2.75, 3.05) is 13.1 Å². The van der Waals surface area contributed by atoms with Gasteiger partial charge in [0.25, 0.3) is 5.91 Å². The highest BCUT2D eigenvalue weighted by molar-refractivity contribution is 5.94. The zero-order valence-corrected chi connectivity index (χ0v) is 14.4. The number of hydrogen-bond acceptors (Lipinski definition) is 2. The summed E-state index contributed by atoms with van der Waals surface area (Å²) in [5, 5.41) is 5.47. The molecule has 2 amide bonds. The first kappa shape index (κ1) is 18.9. The van der Waals surface area contributed by atoms with Gasteiger partial charge in [-0.15, -0.1) is 0 Å². The summed E-state index contributed by atoms with van der Waals surface area (Å²) in [6, 6.07) is 13.7. The van der Waals surface area contributed by atoms with Gasteiger partial charge in [0, 0.05) is 24.6 Å². The van der Waals surface area contributed by atoms with Gasteiger partial charge in [-0.05, 0) is 42.2 Å². The molecule has 3 rings (SSSR count). The van der Waals surface area contributed by atoms with Crippen molar-refractivity contribution in [1.82, 2.24) is 10.6 Å². The van der Waals surface area contributed by atoms with Crippen molar-refractivity contribution in [3.63, 3.8) is 0 Å². The zero-order valence-electron chi connectivity index (χ0n) is 14.4. The molecule has 0 heterocycles. The molecule has 142 valence electrons. The van der Waals surface area contributed by atoms with Crippen LogP contribution in [0.25, 0.3) is 0 Å². The first-order chi connectivity index (χ1) is 12.9. The van der Waals surface area contributed by atoms with Crippen LogP contribution in [0.1, 0.15) is 33.8 Å². The van der Waals surface area contributed by atoms with Crippen LogP contribution in [-0.4, -0.2) is 24.9 Å². The van der Waals surface area contributed by atoms with Crippen LogP contribution in [0.15, 0.2) is 54.6 Å². The molecule has 0 saturated heterocycles. The molecule has 4 nitrogen and oxygen atoms in total. The maximum Gasteiger partial charge on any atom is 0.416 e. The fourth-order valence-electron chi connectivity index (χ4n) is 2.96. The first-order valence-electron chi connectivity index (χ1n) is 8.64. The van der Waals surface area contributed by atoms with Crippen molar-refractivity contribution in [3.05, 3.63) is 71.3 Å². The Balaban J connectivity index is 1.41. The average Bonchev–Trinajstić information content (AvgIpc) is 3.46. The van der Waals surface area contributed by atoms with E-state index in [-0.39, 0.29) is 23.7 Å². The minimum Gasteiger partial charge on any atom is -0.354 e. The van der Waals surface area contributed by atoms with Crippen molar-refractivity contribution >= 4 is 11.8 Å². The molecule has 0 aromatic heterocycles. The maximum absolute atomic E-state index is 12.6. The fourth-order valence-corrected chi connectivity index (χ4v) is 2.96. The van der Waals surface area contributed by atoms with Gasteiger partial charge in [-0.25, -0.2) is 0 Å². The van der Waals surface area contributed by atoms with Gasteiger partial charge < -0.3 is 10.6 Å². The van der Waals surface area contributed by atoms with Gasteiger partial charge >= 0.3 is 6.18 Å². The highest BCUT2D eigenvalue weighted by Gasteiger charge is 2.44. The Hall–Kier alpha value is -2.83. The molecule has 1 saturated carbocycles. The van der Waals surface area contributed by atoms with Crippen molar-refractivity contribution in [1.29, 1.82) is 0 Å². The third-order valence-corrected chi connectivity index (χ3v) is 4.54. The van der Waals surface area contributed by atoms with E-state index < -0.39 is 11.7 Å². The molecule has 0 radical (unpaired) electrons. The lowest BCUT2D eigenvalue weighted by Gasteiger charge is -2.08. The van der Waals surface area contributed by atoms with Crippen molar-refractivity contribution < 1.29 is 22.8 Å². The second-order valence-electron chi connectivity index (χ2n) is 6.48. The Morgan fingerprint density at radius 3 is 2.19 bits per heavy atom. The Labute approximate surface area is 154 Å². The lowest BCUT2D eigenvalue weighted by molar-refractivity contribution is -0.137. The highest BCUT2D eigenvalue weighted by Crippen LogP contribution is 2.47. The van der Waals surface area contributed by atoms with E-state index in [1.54, 1.807) is 24.3 Å². The summed E-state index contributed by atoms with van der Waals surface area (Å²) in [7, 11) is 0. The highest BCUT2D eigenvalue weighted by atomic mass is 19.4. The molecule has 1 aliphatic rings. The summed E-state index contributed by atoms with van der Waals surface area (Å²) >= 11 is 0. The van der Waals surface area contributed by atoms with Gasteiger partial charge in [-0.2, -0.15) is 13.2 Å². The van der Waals surface area contributed by atoms with Crippen LogP contribution in [0.4, 0.5) is 13.2 Å². The number of amides is 2. The third kappa shape index (κ3) is 4.87. The topological polar surface area (TPSA) is 58.2 Å². The summed E-state index contributed by atoms with van der Waals surface area (Å²) in [6.07, 6.45) is -3.74. The van der Waals surface area contributed by atoms with E-state index in [4.69, 9.17) is 0 Å². The Kier molecular flexibility index (Phi) is 5.48. The minimum atomic E-state index is -4.36. The predicted molar refractivity (Wildman–Crippen MR) is 94.1 cm³/mol. The summed E-state index contributed by atoms with van der Waals surface area (Å²) in [5.74, 6) is -0.634. The average molecular weight is 376 g/mol. The van der Waals surface area contributed by atoms with E-state index >= 15 is 0 Å². The van der Waals surface area contributed by atoms with Gasteiger partial charge in [-0.1, -0.05) is 30.3 Å². The number of hydrogen-bond donors (Lipinski definition) is 2. The summed E-state index contributed by atoms with van der Waals surface area (Å²) in [6.45, 7) is 0.602. The second-order valence-corrected chi connectivity index (χ2v) is 6.48. The molecule has 2 atom stereocenters. The number of benzene rings is 2. The van der Waals surface area contributed by atoms with E-state index in [0.29, 0.717) is 25.1 Å². The van der Waals surface area contributed by atoms with Crippen LogP contribution in [0.5, 0.6) is 0 Å². The molecule has 1 aliphatic carbocycles. The lowest BCUT2D eigenvalue weighted by atomic mass is 10.1. The van der Waals surface area contributed by atoms with Gasteiger partial charge in [-0.3, -0.25) is 9.59 Å². The molecule has 2 aromatic carbocycles. The zero-order chi connectivity index (χ0) is 19.4. The number of rotatable bonds is 6. The Morgan fingerprint density at radius 2 is 1.56 bits per heavy atom. The minimum absolute atomic E-state index is 0.0498. The normalized spacial score (nSPS) is 18.6. The Morgan fingerprint density at radius 1 is 0.926 bits per heavy atom. The third-order valence-electron chi connectivity index (χ3n) is 4.54. The van der Waals surface area contributed by atoms with Gasteiger partial charge in [0.2, 0.25) is 5.91 Å². The maximum atomic E-state index is 12.6. The molecule has 1 fully saturated rings. The molecule has 27 heavy (non-hydrogen) atoms. The predicted octanol–water partition coefficient (Wildman–Crippen LogP) is 3.36. The molecule has 0 spiro atoms. The molecule has 2 aromatic rings. The molecular formula is C20H19F3N2O2. The number of nitrogens with one attached hydrogen (secondary N) is 2. The summed E-state index contributed by atoms with van der Waals surface area (Å²) in [5.41, 5.74) is 0.593. The molecular weight excluding hydrogens is 357 g/mol. The molecule has 2 unspecified atom stereocenters. The quantitative estimate of drug-likeness (QED) is 0.760. The number of halogens is 3. The monoisotopic (exact) mass is 376 g/mol. The number of carbonyl (C=O) groups excluding carboxylic acids is 2. The van der Waals surface area contributed by atoms with Crippen LogP contribution in [0, 0.1) is 5.92 Å². The molecule has 2 N–H and O–H groups in total. The fraction of sp³-hybridized carbons (Fsp3) is 0.300. The SMILES string of the molecule is O=C(NCCNC(=O)C1CC1c1ccc(C(F)(F)F)cc1)c1ccccc1.